The fourth-order valence-corrected chi connectivity index (χ4v) is 2.27. The molecule has 2 nitrogen and oxygen atoms in total. The molecule has 1 aliphatic carbocycles. The molecule has 0 amide bonds. The first kappa shape index (κ1) is 9.16. The summed E-state index contributed by atoms with van der Waals surface area (Å²) < 4.78 is 4.83. The van der Waals surface area contributed by atoms with E-state index in [0.29, 0.717) is 13.1 Å². The Morgan fingerprint density at radius 2 is 1.94 bits per heavy atom. The minimum atomic E-state index is 0.345. The van der Waals surface area contributed by atoms with Gasteiger partial charge in [-0.2, -0.15) is 0 Å². The SMILES string of the molecule is O=COCC1=Cc2cccc3cccc1c23. The van der Waals surface area contributed by atoms with Crippen molar-refractivity contribution in [3.05, 3.63) is 47.5 Å². The first-order valence-electron chi connectivity index (χ1n) is 5.18. The molecule has 78 valence electrons. The second-order valence-electron chi connectivity index (χ2n) is 3.83. The quantitative estimate of drug-likeness (QED) is 0.728. The van der Waals surface area contributed by atoms with Crippen LogP contribution in [0.3, 0.4) is 0 Å². The van der Waals surface area contributed by atoms with E-state index >= 15 is 0 Å². The highest BCUT2D eigenvalue weighted by Crippen LogP contribution is 2.36. The predicted octanol–water partition coefficient (Wildman–Crippen LogP) is 2.87. The van der Waals surface area contributed by atoms with E-state index in [0.717, 1.165) is 5.57 Å². The van der Waals surface area contributed by atoms with E-state index in [1.165, 1.54) is 21.9 Å². The molecular formula is C14H10O2. The van der Waals surface area contributed by atoms with Crippen LogP contribution in [0.2, 0.25) is 0 Å². The predicted molar refractivity (Wildman–Crippen MR) is 63.8 cm³/mol. The molecule has 0 bridgehead atoms. The maximum atomic E-state index is 10.2. The highest BCUT2D eigenvalue weighted by Gasteiger charge is 2.15. The lowest BCUT2D eigenvalue weighted by atomic mass is 10.0. The first-order chi connectivity index (χ1) is 7.90. The molecular weight excluding hydrogens is 200 g/mol. The zero-order chi connectivity index (χ0) is 11.0. The molecule has 16 heavy (non-hydrogen) atoms. The van der Waals surface area contributed by atoms with Gasteiger partial charge in [0.1, 0.15) is 6.61 Å². The van der Waals surface area contributed by atoms with Crippen LogP contribution in [0.15, 0.2) is 36.4 Å². The maximum absolute atomic E-state index is 10.2. The number of ether oxygens (including phenoxy) is 1. The van der Waals surface area contributed by atoms with Crippen LogP contribution in [0, 0.1) is 0 Å². The van der Waals surface area contributed by atoms with Crippen LogP contribution in [0.1, 0.15) is 11.1 Å². The smallest absolute Gasteiger partial charge is 0.293 e. The van der Waals surface area contributed by atoms with E-state index in [1.54, 1.807) is 0 Å². The lowest BCUT2D eigenvalue weighted by Crippen LogP contribution is -1.93. The largest absolute Gasteiger partial charge is 0.463 e. The number of carbonyl (C=O) groups is 1. The molecule has 0 saturated carbocycles. The fourth-order valence-electron chi connectivity index (χ4n) is 2.27. The van der Waals surface area contributed by atoms with Crippen molar-refractivity contribution in [1.29, 1.82) is 0 Å². The molecule has 3 rings (SSSR count). The second-order valence-corrected chi connectivity index (χ2v) is 3.83. The van der Waals surface area contributed by atoms with E-state index in [2.05, 4.69) is 30.3 Å². The van der Waals surface area contributed by atoms with Crippen molar-refractivity contribution in [3.8, 4) is 0 Å². The van der Waals surface area contributed by atoms with Gasteiger partial charge in [0.2, 0.25) is 0 Å². The van der Waals surface area contributed by atoms with Gasteiger partial charge in [-0.3, -0.25) is 4.79 Å². The van der Waals surface area contributed by atoms with Crippen molar-refractivity contribution in [1.82, 2.24) is 0 Å². The van der Waals surface area contributed by atoms with Crippen molar-refractivity contribution in [2.45, 2.75) is 0 Å². The Balaban J connectivity index is 2.18. The Labute approximate surface area is 93.2 Å². The molecule has 0 N–H and O–H groups in total. The Kier molecular flexibility index (Phi) is 2.00. The molecule has 0 spiro atoms. The third-order valence-electron chi connectivity index (χ3n) is 2.92. The third-order valence-corrected chi connectivity index (χ3v) is 2.92. The molecule has 0 aliphatic heterocycles. The van der Waals surface area contributed by atoms with E-state index in [9.17, 15) is 4.79 Å². The summed E-state index contributed by atoms with van der Waals surface area (Å²) in [4.78, 5) is 10.2. The molecule has 2 aromatic carbocycles. The molecule has 2 aromatic rings. The number of hydrogen-bond acceptors (Lipinski definition) is 2. The van der Waals surface area contributed by atoms with Crippen molar-refractivity contribution in [2.75, 3.05) is 6.61 Å². The second kappa shape index (κ2) is 3.49. The van der Waals surface area contributed by atoms with Crippen LogP contribution >= 0.6 is 0 Å². The van der Waals surface area contributed by atoms with Crippen LogP contribution in [0.25, 0.3) is 22.4 Å². The summed E-state index contributed by atoms with van der Waals surface area (Å²) in [5.74, 6) is 0. The molecule has 0 heterocycles. The number of carbonyl (C=O) groups excluding carboxylic acids is 1. The average molecular weight is 210 g/mol. The van der Waals surface area contributed by atoms with Gasteiger partial charge in [-0.05, 0) is 33.5 Å². The van der Waals surface area contributed by atoms with Gasteiger partial charge in [-0.15, -0.1) is 0 Å². The number of benzene rings is 2. The summed E-state index contributed by atoms with van der Waals surface area (Å²) in [7, 11) is 0. The minimum absolute atomic E-state index is 0.345. The third kappa shape index (κ3) is 1.23. The normalized spacial score (nSPS) is 12.6. The van der Waals surface area contributed by atoms with Crippen LogP contribution in [-0.4, -0.2) is 13.1 Å². The molecule has 2 heteroatoms. The summed E-state index contributed by atoms with van der Waals surface area (Å²) in [5.41, 5.74) is 3.45. The Morgan fingerprint density at radius 1 is 1.12 bits per heavy atom. The summed E-state index contributed by atoms with van der Waals surface area (Å²) in [5, 5.41) is 2.49. The lowest BCUT2D eigenvalue weighted by Gasteiger charge is -2.04. The van der Waals surface area contributed by atoms with E-state index in [4.69, 9.17) is 4.74 Å². The monoisotopic (exact) mass is 210 g/mol. The Hall–Kier alpha value is -2.09. The summed E-state index contributed by atoms with van der Waals surface area (Å²) in [6.45, 7) is 0.835. The van der Waals surface area contributed by atoms with Gasteiger partial charge in [-0.25, -0.2) is 0 Å². The topological polar surface area (TPSA) is 26.3 Å². The van der Waals surface area contributed by atoms with Gasteiger partial charge in [0.25, 0.3) is 6.47 Å². The van der Waals surface area contributed by atoms with Crippen LogP contribution < -0.4 is 0 Å². The maximum Gasteiger partial charge on any atom is 0.293 e. The Bertz CT molecular complexity index is 591. The highest BCUT2D eigenvalue weighted by molar-refractivity contribution is 6.09. The van der Waals surface area contributed by atoms with Crippen molar-refractivity contribution >= 4 is 28.9 Å². The summed E-state index contributed by atoms with van der Waals surface area (Å²) >= 11 is 0. The standard InChI is InChI=1S/C14H10O2/c15-9-16-8-12-7-11-5-1-3-10-4-2-6-13(12)14(10)11/h1-7,9H,8H2. The molecule has 0 aromatic heterocycles. The van der Waals surface area contributed by atoms with Gasteiger partial charge in [0, 0.05) is 0 Å². The van der Waals surface area contributed by atoms with Crippen molar-refractivity contribution < 1.29 is 9.53 Å². The van der Waals surface area contributed by atoms with E-state index in [1.807, 2.05) is 12.1 Å². The van der Waals surface area contributed by atoms with Crippen LogP contribution in [0.4, 0.5) is 0 Å². The number of rotatable bonds is 3. The van der Waals surface area contributed by atoms with Gasteiger partial charge in [0.15, 0.2) is 0 Å². The van der Waals surface area contributed by atoms with Gasteiger partial charge in [0.05, 0.1) is 0 Å². The molecule has 0 radical (unpaired) electrons. The fraction of sp³-hybridized carbons (Fsp3) is 0.0714. The molecule has 0 atom stereocenters. The van der Waals surface area contributed by atoms with Gasteiger partial charge < -0.3 is 4.74 Å². The van der Waals surface area contributed by atoms with Gasteiger partial charge >= 0.3 is 0 Å². The van der Waals surface area contributed by atoms with Crippen molar-refractivity contribution in [3.63, 3.8) is 0 Å². The highest BCUT2D eigenvalue weighted by atomic mass is 16.5. The minimum Gasteiger partial charge on any atom is -0.463 e. The molecule has 0 fully saturated rings. The molecule has 0 unspecified atom stereocenters. The lowest BCUT2D eigenvalue weighted by molar-refractivity contribution is -0.127. The van der Waals surface area contributed by atoms with Gasteiger partial charge in [-0.1, -0.05) is 36.4 Å². The zero-order valence-electron chi connectivity index (χ0n) is 8.64. The van der Waals surface area contributed by atoms with Crippen molar-refractivity contribution in [2.24, 2.45) is 0 Å². The Morgan fingerprint density at radius 3 is 2.75 bits per heavy atom. The van der Waals surface area contributed by atoms with E-state index in [-0.39, 0.29) is 0 Å². The summed E-state index contributed by atoms with van der Waals surface area (Å²) in [6, 6.07) is 12.4. The first-order valence-corrected chi connectivity index (χ1v) is 5.18. The van der Waals surface area contributed by atoms with E-state index < -0.39 is 0 Å². The van der Waals surface area contributed by atoms with Crippen LogP contribution in [0.5, 0.6) is 0 Å². The zero-order valence-corrected chi connectivity index (χ0v) is 8.64. The molecule has 1 aliphatic rings. The summed E-state index contributed by atoms with van der Waals surface area (Å²) in [6.07, 6.45) is 2.08. The number of hydrogen-bond donors (Lipinski definition) is 0. The molecule has 0 saturated heterocycles. The average Bonchev–Trinajstić information content (AvgIpc) is 2.68. The van der Waals surface area contributed by atoms with Crippen LogP contribution in [-0.2, 0) is 9.53 Å².